The average molecular weight is 331 g/mol. The monoisotopic (exact) mass is 331 g/mol. The van der Waals surface area contributed by atoms with Crippen LogP contribution in [0.2, 0.25) is 0 Å². The Morgan fingerprint density at radius 3 is 1.96 bits per heavy atom. The molecule has 0 radical (unpaired) electrons. The van der Waals surface area contributed by atoms with E-state index in [9.17, 15) is 19.5 Å². The van der Waals surface area contributed by atoms with Gasteiger partial charge in [0, 0.05) is 25.7 Å². The highest BCUT2D eigenvalue weighted by Gasteiger charge is 2.51. The summed E-state index contributed by atoms with van der Waals surface area (Å²) in [6.07, 6.45) is -6.38. The minimum Gasteiger partial charge on any atom is -0.456 e. The number of azide groups is 1. The van der Waals surface area contributed by atoms with Crippen LogP contribution in [0.1, 0.15) is 20.8 Å². The van der Waals surface area contributed by atoms with Crippen LogP contribution in [-0.2, 0) is 33.3 Å². The molecule has 0 amide bonds. The lowest BCUT2D eigenvalue weighted by Crippen LogP contribution is -2.61. The summed E-state index contributed by atoms with van der Waals surface area (Å²) in [7, 11) is 0. The average Bonchev–Trinajstić information content (AvgIpc) is 2.43. The van der Waals surface area contributed by atoms with Gasteiger partial charge in [-0.3, -0.25) is 14.4 Å². The molecule has 1 N–H and O–H groups in total. The molecule has 5 atom stereocenters. The van der Waals surface area contributed by atoms with Crippen LogP contribution >= 0.6 is 0 Å². The van der Waals surface area contributed by atoms with E-state index in [-0.39, 0.29) is 0 Å². The Balaban J connectivity index is 3.24. The zero-order valence-electron chi connectivity index (χ0n) is 12.7. The number of nitrogens with zero attached hydrogens (tertiary/aromatic N) is 3. The Labute approximate surface area is 131 Å². The van der Waals surface area contributed by atoms with Gasteiger partial charge in [0.15, 0.2) is 24.5 Å². The number of esters is 3. The highest BCUT2D eigenvalue weighted by atomic mass is 16.7. The van der Waals surface area contributed by atoms with E-state index in [4.69, 9.17) is 24.5 Å². The third-order valence-corrected chi connectivity index (χ3v) is 2.86. The van der Waals surface area contributed by atoms with Gasteiger partial charge in [-0.15, -0.1) is 0 Å². The summed E-state index contributed by atoms with van der Waals surface area (Å²) < 4.78 is 20.4. The summed E-state index contributed by atoms with van der Waals surface area (Å²) >= 11 is 0. The molecule has 11 nitrogen and oxygen atoms in total. The minimum absolute atomic E-state index is 0.611. The van der Waals surface area contributed by atoms with Crippen LogP contribution in [0.25, 0.3) is 10.4 Å². The summed E-state index contributed by atoms with van der Waals surface area (Å²) in [4.78, 5) is 36.4. The van der Waals surface area contributed by atoms with Crippen molar-refractivity contribution >= 4 is 17.9 Å². The van der Waals surface area contributed by atoms with E-state index in [1.165, 1.54) is 0 Å². The molecule has 0 aliphatic carbocycles. The number of aliphatic hydroxyl groups is 1. The van der Waals surface area contributed by atoms with E-state index in [2.05, 4.69) is 10.0 Å². The molecule has 0 aromatic carbocycles. The minimum atomic E-state index is -1.36. The number of aliphatic hydroxyl groups excluding tert-OH is 1. The second kappa shape index (κ2) is 8.32. The fourth-order valence-electron chi connectivity index (χ4n) is 2.16. The Hall–Kier alpha value is -2.36. The number of hydrogen-bond acceptors (Lipinski definition) is 9. The van der Waals surface area contributed by atoms with Crippen LogP contribution in [0.3, 0.4) is 0 Å². The van der Waals surface area contributed by atoms with Gasteiger partial charge >= 0.3 is 17.9 Å². The van der Waals surface area contributed by atoms with Gasteiger partial charge in [-0.1, -0.05) is 5.11 Å². The third kappa shape index (κ3) is 5.09. The van der Waals surface area contributed by atoms with Crippen LogP contribution in [0.4, 0.5) is 0 Å². The van der Waals surface area contributed by atoms with Crippen LogP contribution in [0.5, 0.6) is 0 Å². The number of carbonyl (C=O) groups is 3. The van der Waals surface area contributed by atoms with Crippen molar-refractivity contribution in [1.29, 1.82) is 0 Å². The Kier molecular flexibility index (Phi) is 6.76. The van der Waals surface area contributed by atoms with Crippen molar-refractivity contribution in [1.82, 2.24) is 0 Å². The van der Waals surface area contributed by atoms with Crippen LogP contribution in [0, 0.1) is 0 Å². The molecule has 23 heavy (non-hydrogen) atoms. The molecule has 0 unspecified atom stereocenters. The van der Waals surface area contributed by atoms with E-state index in [0.29, 0.717) is 0 Å². The zero-order valence-corrected chi connectivity index (χ0v) is 12.7. The van der Waals surface area contributed by atoms with Crippen molar-refractivity contribution < 1.29 is 38.4 Å². The molecule has 0 aromatic heterocycles. The molecule has 11 heteroatoms. The van der Waals surface area contributed by atoms with E-state index in [0.717, 1.165) is 20.8 Å². The molecule has 1 aliphatic rings. The molecule has 1 heterocycles. The van der Waals surface area contributed by atoms with Crippen molar-refractivity contribution in [3.8, 4) is 0 Å². The van der Waals surface area contributed by atoms with Crippen LogP contribution in [0.15, 0.2) is 5.11 Å². The summed E-state index contributed by atoms with van der Waals surface area (Å²) in [5.41, 5.74) is 8.59. The van der Waals surface area contributed by atoms with Crippen LogP contribution < -0.4 is 0 Å². The predicted molar refractivity (Wildman–Crippen MR) is 71.6 cm³/mol. The summed E-state index contributed by atoms with van der Waals surface area (Å²) in [5.74, 6) is -2.22. The smallest absolute Gasteiger partial charge is 0.303 e. The topological polar surface area (TPSA) is 157 Å². The van der Waals surface area contributed by atoms with E-state index in [1.807, 2.05) is 0 Å². The second-order valence-corrected chi connectivity index (χ2v) is 4.67. The molecule has 128 valence electrons. The van der Waals surface area contributed by atoms with Gasteiger partial charge in [-0.25, -0.2) is 0 Å². The van der Waals surface area contributed by atoms with E-state index < -0.39 is 55.2 Å². The molecule has 1 saturated heterocycles. The van der Waals surface area contributed by atoms with Gasteiger partial charge in [-0.2, -0.15) is 0 Å². The maximum Gasteiger partial charge on any atom is 0.303 e. The highest BCUT2D eigenvalue weighted by molar-refractivity contribution is 5.68. The molecular weight excluding hydrogens is 314 g/mol. The number of ether oxygens (including phenoxy) is 4. The maximum absolute atomic E-state index is 11.3. The number of rotatable bonds is 5. The molecule has 0 aromatic rings. The molecule has 0 saturated carbocycles. The second-order valence-electron chi connectivity index (χ2n) is 4.67. The Morgan fingerprint density at radius 2 is 1.52 bits per heavy atom. The van der Waals surface area contributed by atoms with E-state index in [1.54, 1.807) is 0 Å². The summed E-state index contributed by atoms with van der Waals surface area (Å²) in [5, 5.41) is 12.7. The molecule has 0 bridgehead atoms. The first-order chi connectivity index (χ1) is 10.8. The van der Waals surface area contributed by atoms with Gasteiger partial charge in [0.25, 0.3) is 0 Å². The third-order valence-electron chi connectivity index (χ3n) is 2.86. The normalized spacial score (nSPS) is 29.8. The lowest BCUT2D eigenvalue weighted by Gasteiger charge is -2.42. The van der Waals surface area contributed by atoms with Gasteiger partial charge in [-0.05, 0) is 5.53 Å². The summed E-state index contributed by atoms with van der Waals surface area (Å²) in [6, 6.07) is 0. The first-order valence-electron chi connectivity index (χ1n) is 6.62. The fourth-order valence-corrected chi connectivity index (χ4v) is 2.16. The van der Waals surface area contributed by atoms with Crippen LogP contribution in [-0.4, -0.2) is 60.3 Å². The van der Waals surface area contributed by atoms with Crippen molar-refractivity contribution in [2.75, 3.05) is 6.61 Å². The number of carbonyl (C=O) groups excluding carboxylic acids is 3. The first kappa shape index (κ1) is 18.7. The summed E-state index contributed by atoms with van der Waals surface area (Å²) in [6.45, 7) is 2.69. The maximum atomic E-state index is 11.3. The lowest BCUT2D eigenvalue weighted by atomic mass is 9.97. The largest absolute Gasteiger partial charge is 0.456 e. The highest BCUT2D eigenvalue weighted by Crippen LogP contribution is 2.29. The first-order valence-corrected chi connectivity index (χ1v) is 6.62. The van der Waals surface area contributed by atoms with E-state index >= 15 is 0 Å². The fraction of sp³-hybridized carbons (Fsp3) is 0.750. The SMILES string of the molecule is CC(=O)O[C@@H]1[C@@H](OC(C)=O)[C@H](CO)O[C@@H](N=[N+]=[N-])[C@H]1OC(C)=O. The molecule has 1 aliphatic heterocycles. The van der Waals surface area contributed by atoms with Crippen molar-refractivity contribution in [2.45, 2.75) is 51.4 Å². The standard InChI is InChI=1S/C12H17N3O8/c1-5(17)20-9-8(4-16)23-12(14-15-13)11(22-7(3)19)10(9)21-6(2)18/h8-12,16H,4H2,1-3H3/t8-,9-,10+,11-,12+/m0/s1. The van der Waals surface area contributed by atoms with Gasteiger partial charge in [0.1, 0.15) is 6.10 Å². The van der Waals surface area contributed by atoms with Gasteiger partial charge in [0.05, 0.1) is 6.61 Å². The van der Waals surface area contributed by atoms with Gasteiger partial charge in [0.2, 0.25) is 0 Å². The molecule has 0 spiro atoms. The number of hydrogen-bond donors (Lipinski definition) is 1. The van der Waals surface area contributed by atoms with Crippen molar-refractivity contribution in [3.05, 3.63) is 10.4 Å². The lowest BCUT2D eigenvalue weighted by molar-refractivity contribution is -0.250. The Morgan fingerprint density at radius 1 is 1.04 bits per heavy atom. The van der Waals surface area contributed by atoms with Crippen molar-refractivity contribution in [2.24, 2.45) is 5.11 Å². The van der Waals surface area contributed by atoms with Crippen molar-refractivity contribution in [3.63, 3.8) is 0 Å². The molecular formula is C12H17N3O8. The molecule has 1 rings (SSSR count). The molecule has 1 fully saturated rings. The Bertz CT molecular complexity index is 518. The zero-order chi connectivity index (χ0) is 17.6. The quantitative estimate of drug-likeness (QED) is 0.239. The predicted octanol–water partition coefficient (Wildman–Crippen LogP) is -0.191. The van der Waals surface area contributed by atoms with Gasteiger partial charge < -0.3 is 24.1 Å².